The highest BCUT2D eigenvalue weighted by atomic mass is 19.3. The zero-order valence-electron chi connectivity index (χ0n) is 16.5. The molecule has 0 saturated carbocycles. The van der Waals surface area contributed by atoms with Gasteiger partial charge in [-0.2, -0.15) is 8.78 Å². The van der Waals surface area contributed by atoms with Crippen LogP contribution in [0.15, 0.2) is 18.3 Å². The van der Waals surface area contributed by atoms with Crippen molar-refractivity contribution in [1.82, 2.24) is 15.0 Å². The summed E-state index contributed by atoms with van der Waals surface area (Å²) in [4.78, 5) is 23.2. The highest BCUT2D eigenvalue weighted by molar-refractivity contribution is 5.88. The lowest BCUT2D eigenvalue weighted by Crippen LogP contribution is -2.17. The number of aromatic nitrogens is 3. The molecule has 1 aliphatic rings. The predicted molar refractivity (Wildman–Crippen MR) is 103 cm³/mol. The van der Waals surface area contributed by atoms with E-state index in [-0.39, 0.29) is 23.6 Å². The van der Waals surface area contributed by atoms with Crippen molar-refractivity contribution < 1.29 is 23.0 Å². The van der Waals surface area contributed by atoms with Gasteiger partial charge in [0.25, 0.3) is 0 Å². The number of aryl methyl sites for hydroxylation is 1. The minimum Gasteiger partial charge on any atom is -0.487 e. The molecule has 0 aliphatic carbocycles. The van der Waals surface area contributed by atoms with Crippen LogP contribution < -0.4 is 15.4 Å². The SMILES string of the molecule is CC(=O)Nc1cc(Nc2cc(C)nc(C(C)(F)F)n2)c(OC[C@H]2CCCO2)cn1. The zero-order valence-corrected chi connectivity index (χ0v) is 16.5. The Balaban J connectivity index is 1.88. The van der Waals surface area contributed by atoms with E-state index < -0.39 is 11.7 Å². The second kappa shape index (κ2) is 8.64. The standard InChI is InChI=1S/C19H23F2N5O3/c1-11-7-17(26-18(23-11)19(3,20)21)25-14-8-16(24-12(2)27)22-9-15(14)29-10-13-5-4-6-28-13/h7-9,13H,4-6,10H2,1-3H3,(H2,22,23,24,25,26,27)/t13-/m1/s1. The first-order valence-corrected chi connectivity index (χ1v) is 9.24. The lowest BCUT2D eigenvalue weighted by molar-refractivity contribution is -0.114. The van der Waals surface area contributed by atoms with Crippen LogP contribution in [-0.4, -0.2) is 40.2 Å². The topological polar surface area (TPSA) is 98.3 Å². The maximum Gasteiger partial charge on any atom is 0.303 e. The largest absolute Gasteiger partial charge is 0.487 e. The molecule has 8 nitrogen and oxygen atoms in total. The molecular formula is C19H23F2N5O3. The third kappa shape index (κ3) is 5.80. The van der Waals surface area contributed by atoms with Crippen molar-refractivity contribution in [3.8, 4) is 5.75 Å². The van der Waals surface area contributed by atoms with E-state index in [9.17, 15) is 13.6 Å². The maximum atomic E-state index is 13.7. The molecule has 2 aromatic rings. The fraction of sp³-hybridized carbons (Fsp3) is 0.474. The number of anilines is 3. The molecule has 2 aromatic heterocycles. The van der Waals surface area contributed by atoms with Gasteiger partial charge in [0.1, 0.15) is 18.2 Å². The van der Waals surface area contributed by atoms with Gasteiger partial charge >= 0.3 is 5.92 Å². The summed E-state index contributed by atoms with van der Waals surface area (Å²) in [7, 11) is 0. The van der Waals surface area contributed by atoms with Gasteiger partial charge < -0.3 is 20.1 Å². The summed E-state index contributed by atoms with van der Waals surface area (Å²) in [5.74, 6) is -3.20. The van der Waals surface area contributed by atoms with Gasteiger partial charge in [-0.1, -0.05) is 0 Å². The van der Waals surface area contributed by atoms with Crippen molar-refractivity contribution in [2.75, 3.05) is 23.8 Å². The lowest BCUT2D eigenvalue weighted by atomic mass is 10.2. The quantitative estimate of drug-likeness (QED) is 0.724. The Kier molecular flexibility index (Phi) is 6.21. The van der Waals surface area contributed by atoms with Crippen LogP contribution in [0, 0.1) is 6.92 Å². The van der Waals surface area contributed by atoms with E-state index in [0.29, 0.717) is 30.3 Å². The van der Waals surface area contributed by atoms with Gasteiger partial charge in [0.2, 0.25) is 11.7 Å². The average molecular weight is 407 g/mol. The van der Waals surface area contributed by atoms with Crippen LogP contribution in [0.5, 0.6) is 5.75 Å². The van der Waals surface area contributed by atoms with Crippen molar-refractivity contribution >= 4 is 23.2 Å². The molecule has 156 valence electrons. The first kappa shape index (κ1) is 20.8. The summed E-state index contributed by atoms with van der Waals surface area (Å²) in [6.45, 7) is 4.74. The smallest absolute Gasteiger partial charge is 0.303 e. The van der Waals surface area contributed by atoms with Gasteiger partial charge in [-0.3, -0.25) is 4.79 Å². The molecule has 2 N–H and O–H groups in total. The van der Waals surface area contributed by atoms with Crippen LogP contribution in [0.4, 0.5) is 26.1 Å². The normalized spacial score (nSPS) is 16.5. The summed E-state index contributed by atoms with van der Waals surface area (Å²) < 4.78 is 38.7. The molecule has 0 unspecified atom stereocenters. The lowest BCUT2D eigenvalue weighted by Gasteiger charge is -2.17. The number of carbonyl (C=O) groups is 1. The third-order valence-electron chi connectivity index (χ3n) is 4.13. The monoisotopic (exact) mass is 407 g/mol. The Morgan fingerprint density at radius 3 is 2.79 bits per heavy atom. The van der Waals surface area contributed by atoms with Crippen LogP contribution in [-0.2, 0) is 15.5 Å². The zero-order chi connectivity index (χ0) is 21.0. The van der Waals surface area contributed by atoms with Gasteiger partial charge in [-0.05, 0) is 19.8 Å². The van der Waals surface area contributed by atoms with E-state index >= 15 is 0 Å². The van der Waals surface area contributed by atoms with E-state index in [1.807, 2.05) is 0 Å². The van der Waals surface area contributed by atoms with E-state index in [1.165, 1.54) is 19.2 Å². The average Bonchev–Trinajstić information content (AvgIpc) is 3.13. The van der Waals surface area contributed by atoms with Gasteiger partial charge in [0.15, 0.2) is 5.75 Å². The van der Waals surface area contributed by atoms with Gasteiger partial charge in [0, 0.05) is 38.3 Å². The molecule has 0 radical (unpaired) electrons. The van der Waals surface area contributed by atoms with E-state index in [1.54, 1.807) is 13.0 Å². The molecule has 1 aliphatic heterocycles. The van der Waals surface area contributed by atoms with Crippen LogP contribution in [0.3, 0.4) is 0 Å². The number of alkyl halides is 2. The van der Waals surface area contributed by atoms with Crippen LogP contribution in [0.2, 0.25) is 0 Å². The molecule has 3 heterocycles. The molecule has 0 aromatic carbocycles. The van der Waals surface area contributed by atoms with Crippen molar-refractivity contribution in [2.24, 2.45) is 0 Å². The molecule has 29 heavy (non-hydrogen) atoms. The molecule has 0 bridgehead atoms. The first-order chi connectivity index (χ1) is 13.7. The molecule has 0 spiro atoms. The Morgan fingerprint density at radius 1 is 1.34 bits per heavy atom. The van der Waals surface area contributed by atoms with Crippen LogP contribution >= 0.6 is 0 Å². The highest BCUT2D eigenvalue weighted by Gasteiger charge is 2.29. The number of ether oxygens (including phenoxy) is 2. The van der Waals surface area contributed by atoms with Gasteiger partial charge in [0.05, 0.1) is 18.0 Å². The van der Waals surface area contributed by atoms with Crippen molar-refractivity contribution in [2.45, 2.75) is 45.6 Å². The minimum atomic E-state index is -3.18. The summed E-state index contributed by atoms with van der Waals surface area (Å²) in [5.41, 5.74) is 0.808. The molecule has 1 saturated heterocycles. The van der Waals surface area contributed by atoms with E-state index in [2.05, 4.69) is 25.6 Å². The Labute approximate surface area is 167 Å². The maximum absolute atomic E-state index is 13.7. The number of rotatable bonds is 7. The summed E-state index contributed by atoms with van der Waals surface area (Å²) >= 11 is 0. The summed E-state index contributed by atoms with van der Waals surface area (Å²) in [6, 6.07) is 3.09. The number of pyridine rings is 1. The molecule has 3 rings (SSSR count). The van der Waals surface area contributed by atoms with Crippen LogP contribution in [0.25, 0.3) is 0 Å². The fourth-order valence-corrected chi connectivity index (χ4v) is 2.83. The summed E-state index contributed by atoms with van der Waals surface area (Å²) in [5, 5.41) is 5.55. The van der Waals surface area contributed by atoms with E-state index in [4.69, 9.17) is 9.47 Å². The Bertz CT molecular complexity index is 883. The molecule has 1 fully saturated rings. The van der Waals surface area contributed by atoms with Crippen molar-refractivity contribution in [3.63, 3.8) is 0 Å². The number of carbonyl (C=O) groups excluding carboxylic acids is 1. The predicted octanol–water partition coefficient (Wildman–Crippen LogP) is 3.55. The van der Waals surface area contributed by atoms with Crippen molar-refractivity contribution in [1.29, 1.82) is 0 Å². The Morgan fingerprint density at radius 2 is 2.14 bits per heavy atom. The van der Waals surface area contributed by atoms with Crippen LogP contribution in [0.1, 0.15) is 38.2 Å². The third-order valence-corrected chi connectivity index (χ3v) is 4.13. The number of hydrogen-bond donors (Lipinski definition) is 2. The van der Waals surface area contributed by atoms with Crippen molar-refractivity contribution in [3.05, 3.63) is 29.8 Å². The number of nitrogens with one attached hydrogen (secondary N) is 2. The number of halogens is 2. The summed E-state index contributed by atoms with van der Waals surface area (Å²) in [6.07, 6.45) is 3.32. The van der Waals surface area contributed by atoms with Gasteiger partial charge in [-0.15, -0.1) is 0 Å². The molecule has 1 atom stereocenters. The van der Waals surface area contributed by atoms with E-state index in [0.717, 1.165) is 19.8 Å². The number of nitrogens with zero attached hydrogens (tertiary/aromatic N) is 3. The highest BCUT2D eigenvalue weighted by Crippen LogP contribution is 2.31. The molecule has 10 heteroatoms. The molecular weight excluding hydrogens is 384 g/mol. The minimum absolute atomic E-state index is 0.00967. The first-order valence-electron chi connectivity index (χ1n) is 9.24. The molecule has 1 amide bonds. The fourth-order valence-electron chi connectivity index (χ4n) is 2.83. The number of hydrogen-bond acceptors (Lipinski definition) is 7. The second-order valence-corrected chi connectivity index (χ2v) is 6.92. The van der Waals surface area contributed by atoms with Gasteiger partial charge in [-0.25, -0.2) is 15.0 Å². The second-order valence-electron chi connectivity index (χ2n) is 6.92. The Hall–Kier alpha value is -2.88. The number of amides is 1.